The minimum absolute atomic E-state index is 0.123. The summed E-state index contributed by atoms with van der Waals surface area (Å²) < 4.78 is 19.7. The zero-order valence-corrected chi connectivity index (χ0v) is 15.4. The number of rotatable bonds is 9. The van der Waals surface area contributed by atoms with Crippen LogP contribution in [-0.4, -0.2) is 39.8 Å². The van der Waals surface area contributed by atoms with Crippen molar-refractivity contribution in [3.8, 4) is 0 Å². The molecule has 1 aliphatic heterocycles. The van der Waals surface area contributed by atoms with Gasteiger partial charge in [0.15, 0.2) is 0 Å². The Morgan fingerprint density at radius 1 is 1.33 bits per heavy atom. The summed E-state index contributed by atoms with van der Waals surface area (Å²) in [5.41, 5.74) is 1.89. The number of ether oxygens (including phenoxy) is 1. The van der Waals surface area contributed by atoms with E-state index in [-0.39, 0.29) is 12.0 Å². The monoisotopic (exact) mass is 349 g/mol. The molecule has 0 bridgehead atoms. The molecule has 2 rings (SSSR count). The van der Waals surface area contributed by atoms with Gasteiger partial charge in [0, 0.05) is 11.4 Å². The van der Waals surface area contributed by atoms with Gasteiger partial charge in [0.05, 0.1) is 24.8 Å². The number of hydrogen-bond acceptors (Lipinski definition) is 4. The molecule has 5 heteroatoms. The highest BCUT2D eigenvalue weighted by atomic mass is 32.2. The van der Waals surface area contributed by atoms with Crippen molar-refractivity contribution in [3.05, 3.63) is 47.5 Å². The summed E-state index contributed by atoms with van der Waals surface area (Å²) in [4.78, 5) is 12.2. The van der Waals surface area contributed by atoms with Gasteiger partial charge in [-0.15, -0.1) is 4.31 Å². The van der Waals surface area contributed by atoms with Crippen LogP contribution in [0.2, 0.25) is 0 Å². The lowest BCUT2D eigenvalue weighted by molar-refractivity contribution is -0.138. The van der Waals surface area contributed by atoms with Crippen molar-refractivity contribution >= 4 is 17.3 Å². The van der Waals surface area contributed by atoms with Crippen molar-refractivity contribution in [1.82, 2.24) is 4.31 Å². The number of hydrogen-bond donors (Lipinski definition) is 0. The van der Waals surface area contributed by atoms with Crippen molar-refractivity contribution in [1.29, 1.82) is 0 Å². The molecule has 24 heavy (non-hydrogen) atoms. The van der Waals surface area contributed by atoms with Gasteiger partial charge in [-0.05, 0) is 31.7 Å². The molecule has 1 aliphatic rings. The molecule has 1 unspecified atom stereocenters. The third kappa shape index (κ3) is 5.10. The molecule has 0 fully saturated rings. The van der Waals surface area contributed by atoms with Crippen LogP contribution in [0.15, 0.2) is 42.0 Å². The Labute approximate surface area is 148 Å². The molecule has 0 aliphatic carbocycles. The van der Waals surface area contributed by atoms with E-state index >= 15 is 0 Å². The van der Waals surface area contributed by atoms with E-state index < -0.39 is 11.4 Å². The molecule has 1 heterocycles. The lowest BCUT2D eigenvalue weighted by atomic mass is 10.0. The fourth-order valence-electron chi connectivity index (χ4n) is 2.90. The maximum Gasteiger partial charge on any atom is 0.335 e. The maximum absolute atomic E-state index is 12.6. The maximum atomic E-state index is 12.6. The second-order valence-electron chi connectivity index (χ2n) is 5.90. The third-order valence-electron chi connectivity index (χ3n) is 4.19. The van der Waals surface area contributed by atoms with Gasteiger partial charge in [0.2, 0.25) is 0 Å². The van der Waals surface area contributed by atoms with Crippen molar-refractivity contribution in [2.75, 3.05) is 18.9 Å². The standard InChI is InChI=1S/C19H27NO3S/c1-3-5-15-24(22)20-14-13-17(19(21)23-4-2)18(20)12-11-16-9-7-6-8-10-16/h6-10,13,18H,3-5,11-12,14-15H2,1-2H3/t18-,24?/m0/s1. The summed E-state index contributed by atoms with van der Waals surface area (Å²) in [5.74, 6) is 0.382. The van der Waals surface area contributed by atoms with Crippen molar-refractivity contribution < 1.29 is 14.1 Å². The number of unbranched alkanes of at least 4 members (excludes halogenated alkanes) is 1. The van der Waals surface area contributed by atoms with E-state index in [9.17, 15) is 9.35 Å². The van der Waals surface area contributed by atoms with E-state index in [1.165, 1.54) is 5.56 Å². The molecular weight excluding hydrogens is 322 g/mol. The van der Waals surface area contributed by atoms with Crippen LogP contribution in [0.4, 0.5) is 0 Å². The van der Waals surface area contributed by atoms with Gasteiger partial charge >= 0.3 is 5.97 Å². The quantitative estimate of drug-likeness (QED) is 0.507. The topological polar surface area (TPSA) is 52.6 Å². The largest absolute Gasteiger partial charge is 0.598 e. The number of aryl methyl sites for hydroxylation is 1. The van der Waals surface area contributed by atoms with Crippen molar-refractivity contribution in [3.63, 3.8) is 0 Å². The van der Waals surface area contributed by atoms with E-state index in [0.29, 0.717) is 24.5 Å². The first-order valence-corrected chi connectivity index (χ1v) is 10.0. The van der Waals surface area contributed by atoms with Crippen LogP contribution in [0.25, 0.3) is 0 Å². The Bertz CT molecular complexity index is 547. The lowest BCUT2D eigenvalue weighted by Crippen LogP contribution is -2.40. The Morgan fingerprint density at radius 2 is 2.08 bits per heavy atom. The van der Waals surface area contributed by atoms with Gasteiger partial charge in [0.25, 0.3) is 0 Å². The van der Waals surface area contributed by atoms with Crippen molar-refractivity contribution in [2.45, 2.75) is 45.6 Å². The summed E-state index contributed by atoms with van der Waals surface area (Å²) >= 11 is -1.05. The zero-order chi connectivity index (χ0) is 17.4. The summed E-state index contributed by atoms with van der Waals surface area (Å²) in [6.07, 6.45) is 5.46. The summed E-state index contributed by atoms with van der Waals surface area (Å²) in [6.45, 7) is 4.82. The molecule has 0 amide bonds. The molecule has 1 aromatic rings. The first kappa shape index (κ1) is 19.0. The Kier molecular flexibility index (Phi) is 7.82. The predicted molar refractivity (Wildman–Crippen MR) is 97.9 cm³/mol. The SMILES string of the molecule is CCCC[S+]([O-])N1CC=C(C(=O)OCC)[C@@H]1CCc1ccccc1. The molecule has 0 saturated carbocycles. The van der Waals surface area contributed by atoms with E-state index in [4.69, 9.17) is 4.74 Å². The lowest BCUT2D eigenvalue weighted by Gasteiger charge is -2.27. The van der Waals surface area contributed by atoms with Crippen LogP contribution >= 0.6 is 0 Å². The van der Waals surface area contributed by atoms with Gasteiger partial charge < -0.3 is 9.29 Å². The average molecular weight is 349 g/mol. The van der Waals surface area contributed by atoms with Crippen molar-refractivity contribution in [2.24, 2.45) is 0 Å². The molecule has 0 aromatic heterocycles. The first-order chi connectivity index (χ1) is 11.7. The molecule has 0 saturated heterocycles. The van der Waals surface area contributed by atoms with Gasteiger partial charge in [-0.3, -0.25) is 0 Å². The number of esters is 1. The average Bonchev–Trinajstić information content (AvgIpc) is 3.03. The normalized spacial score (nSPS) is 19.1. The number of benzene rings is 1. The molecule has 0 spiro atoms. The number of carbonyl (C=O) groups is 1. The van der Waals surface area contributed by atoms with Crippen LogP contribution in [0.1, 0.15) is 38.7 Å². The highest BCUT2D eigenvalue weighted by Gasteiger charge is 2.38. The smallest absolute Gasteiger partial charge is 0.335 e. The second-order valence-corrected chi connectivity index (χ2v) is 7.42. The third-order valence-corrected chi connectivity index (χ3v) is 5.76. The first-order valence-electron chi connectivity index (χ1n) is 8.73. The van der Waals surface area contributed by atoms with E-state index in [1.807, 2.05) is 35.5 Å². The van der Waals surface area contributed by atoms with Crippen LogP contribution < -0.4 is 0 Å². The minimum atomic E-state index is -1.05. The Balaban J connectivity index is 2.06. The molecule has 0 radical (unpaired) electrons. The molecule has 2 atom stereocenters. The summed E-state index contributed by atoms with van der Waals surface area (Å²) in [7, 11) is 0. The highest BCUT2D eigenvalue weighted by Crippen LogP contribution is 2.27. The minimum Gasteiger partial charge on any atom is -0.598 e. The van der Waals surface area contributed by atoms with Gasteiger partial charge in [-0.1, -0.05) is 49.8 Å². The highest BCUT2D eigenvalue weighted by molar-refractivity contribution is 7.89. The van der Waals surface area contributed by atoms with Crippen LogP contribution in [0.5, 0.6) is 0 Å². The van der Waals surface area contributed by atoms with Gasteiger partial charge in [-0.25, -0.2) is 4.79 Å². The molecular formula is C19H27NO3S. The van der Waals surface area contributed by atoms with Gasteiger partial charge in [-0.2, -0.15) is 0 Å². The van der Waals surface area contributed by atoms with E-state index in [0.717, 1.165) is 25.7 Å². The second kappa shape index (κ2) is 9.87. The predicted octanol–water partition coefficient (Wildman–Crippen LogP) is 3.26. The van der Waals surface area contributed by atoms with Crippen LogP contribution in [0.3, 0.4) is 0 Å². The zero-order valence-electron chi connectivity index (χ0n) is 14.6. The molecule has 0 N–H and O–H groups in total. The molecule has 132 valence electrons. The summed E-state index contributed by atoms with van der Waals surface area (Å²) in [6, 6.07) is 10.1. The Morgan fingerprint density at radius 3 is 2.75 bits per heavy atom. The molecule has 4 nitrogen and oxygen atoms in total. The fraction of sp³-hybridized carbons (Fsp3) is 0.526. The van der Waals surface area contributed by atoms with E-state index in [1.54, 1.807) is 0 Å². The van der Waals surface area contributed by atoms with Gasteiger partial charge in [0.1, 0.15) is 5.75 Å². The van der Waals surface area contributed by atoms with E-state index in [2.05, 4.69) is 19.1 Å². The number of carbonyl (C=O) groups excluding carboxylic acids is 1. The fourth-order valence-corrected chi connectivity index (χ4v) is 4.41. The number of nitrogens with zero attached hydrogens (tertiary/aromatic N) is 1. The van der Waals surface area contributed by atoms with Crippen LogP contribution in [-0.2, 0) is 27.3 Å². The summed E-state index contributed by atoms with van der Waals surface area (Å²) in [5, 5.41) is 0. The van der Waals surface area contributed by atoms with Crippen LogP contribution in [0, 0.1) is 0 Å². The Hall–Kier alpha value is -1.30. The molecule has 1 aromatic carbocycles.